The van der Waals surface area contributed by atoms with E-state index in [1.807, 2.05) is 0 Å². The third-order valence-corrected chi connectivity index (χ3v) is 4.77. The number of nitrogens with two attached hydrogens (primary N) is 1. The summed E-state index contributed by atoms with van der Waals surface area (Å²) in [5, 5.41) is 8.55. The van der Waals surface area contributed by atoms with E-state index in [1.165, 1.54) is 0 Å². The Kier molecular flexibility index (Phi) is 4.82. The van der Waals surface area contributed by atoms with Crippen LogP contribution in [-0.2, 0) is 0 Å². The summed E-state index contributed by atoms with van der Waals surface area (Å²) in [4.78, 5) is 29.4. The zero-order valence-corrected chi connectivity index (χ0v) is 15.3. The van der Waals surface area contributed by atoms with E-state index in [0.717, 1.165) is 29.0 Å². The number of hydrogen-bond donors (Lipinski definition) is 2. The van der Waals surface area contributed by atoms with E-state index in [1.54, 1.807) is 4.90 Å². The second-order valence-electron chi connectivity index (χ2n) is 6.82. The van der Waals surface area contributed by atoms with Gasteiger partial charge in [-0.05, 0) is 24.6 Å². The molecule has 0 amide bonds. The Morgan fingerprint density at radius 1 is 1.23 bits per heavy atom. The molecule has 8 nitrogen and oxygen atoms in total. The first-order valence-corrected chi connectivity index (χ1v) is 8.87. The number of halogens is 3. The van der Waals surface area contributed by atoms with Crippen LogP contribution in [0.3, 0.4) is 0 Å². The molecule has 1 aromatic carbocycles. The van der Waals surface area contributed by atoms with Crippen molar-refractivity contribution in [2.24, 2.45) is 5.73 Å². The molecular weight excluding hydrogens is 405 g/mol. The second kappa shape index (κ2) is 7.34. The number of ether oxygens (including phenoxy) is 1. The van der Waals surface area contributed by atoms with Crippen molar-refractivity contribution in [1.29, 1.82) is 0 Å². The summed E-state index contributed by atoms with van der Waals surface area (Å²) in [7, 11) is 0. The van der Waals surface area contributed by atoms with Crippen molar-refractivity contribution >= 4 is 23.0 Å². The average Bonchev–Trinajstić information content (AvgIpc) is 3.10. The van der Waals surface area contributed by atoms with Gasteiger partial charge >= 0.3 is 6.16 Å². The van der Waals surface area contributed by atoms with Gasteiger partial charge in [-0.1, -0.05) is 0 Å². The highest BCUT2D eigenvalue weighted by Crippen LogP contribution is 2.27. The fourth-order valence-corrected chi connectivity index (χ4v) is 3.42. The lowest BCUT2D eigenvalue weighted by molar-refractivity contribution is 0.144. The van der Waals surface area contributed by atoms with E-state index >= 15 is 0 Å². The SMILES string of the molecule is NC1CCN(c2nc3c(cc2F)c(=O)c(OC(=O)O)cn3-c2ccc(F)cc2F)C1. The number of anilines is 1. The fraction of sp³-hybridized carbons (Fsp3) is 0.211. The van der Waals surface area contributed by atoms with Crippen molar-refractivity contribution in [3.63, 3.8) is 0 Å². The normalized spacial score (nSPS) is 16.3. The third kappa shape index (κ3) is 3.43. The first kappa shape index (κ1) is 19.7. The number of nitrogens with zero attached hydrogens (tertiary/aromatic N) is 3. The summed E-state index contributed by atoms with van der Waals surface area (Å²) in [6.45, 7) is 0.775. The van der Waals surface area contributed by atoms with Gasteiger partial charge in [-0.2, -0.15) is 0 Å². The lowest BCUT2D eigenvalue weighted by Gasteiger charge is -2.20. The second-order valence-corrected chi connectivity index (χ2v) is 6.82. The lowest BCUT2D eigenvalue weighted by Crippen LogP contribution is -2.28. The van der Waals surface area contributed by atoms with Crippen LogP contribution in [0.2, 0.25) is 0 Å². The molecule has 3 aromatic rings. The Hall–Kier alpha value is -3.60. The molecule has 0 bridgehead atoms. The molecule has 1 aliphatic rings. The highest BCUT2D eigenvalue weighted by Gasteiger charge is 2.26. The quantitative estimate of drug-likeness (QED) is 0.626. The number of carboxylic acid groups (broad SMARTS) is 1. The van der Waals surface area contributed by atoms with Crippen LogP contribution >= 0.6 is 0 Å². The van der Waals surface area contributed by atoms with E-state index in [4.69, 9.17) is 10.8 Å². The summed E-state index contributed by atoms with van der Waals surface area (Å²) >= 11 is 0. The van der Waals surface area contributed by atoms with Crippen molar-refractivity contribution in [3.8, 4) is 11.4 Å². The van der Waals surface area contributed by atoms with Crippen LogP contribution in [0.15, 0.2) is 35.3 Å². The van der Waals surface area contributed by atoms with Crippen molar-refractivity contribution in [1.82, 2.24) is 9.55 Å². The molecule has 1 atom stereocenters. The number of pyridine rings is 2. The third-order valence-electron chi connectivity index (χ3n) is 4.77. The molecule has 1 fully saturated rings. The van der Waals surface area contributed by atoms with Crippen LogP contribution in [-0.4, -0.2) is 39.9 Å². The van der Waals surface area contributed by atoms with Gasteiger partial charge in [0.25, 0.3) is 0 Å². The highest BCUT2D eigenvalue weighted by molar-refractivity contribution is 5.81. The van der Waals surface area contributed by atoms with Crippen molar-refractivity contribution in [2.45, 2.75) is 12.5 Å². The molecular formula is C19H15F3N4O4. The number of fused-ring (bicyclic) bond motifs is 1. The number of aromatic nitrogens is 2. The first-order valence-electron chi connectivity index (χ1n) is 8.87. The molecule has 3 heterocycles. The van der Waals surface area contributed by atoms with Gasteiger partial charge in [0.05, 0.1) is 17.3 Å². The van der Waals surface area contributed by atoms with Crippen molar-refractivity contribution in [3.05, 3.63) is 58.1 Å². The van der Waals surface area contributed by atoms with Crippen LogP contribution in [0.5, 0.6) is 5.75 Å². The van der Waals surface area contributed by atoms with Crippen LogP contribution in [0.25, 0.3) is 16.7 Å². The predicted molar refractivity (Wildman–Crippen MR) is 101 cm³/mol. The zero-order valence-electron chi connectivity index (χ0n) is 15.3. The van der Waals surface area contributed by atoms with E-state index in [9.17, 15) is 22.8 Å². The van der Waals surface area contributed by atoms with Gasteiger partial charge in [0.15, 0.2) is 23.0 Å². The minimum absolute atomic E-state index is 0.0852. The molecule has 1 aliphatic heterocycles. The Bertz CT molecular complexity index is 1230. The standard InChI is InChI=1S/C19H15F3N4O4/c20-9-1-2-14(12(21)5-9)26-8-15(30-19(28)29)16(27)11-6-13(22)18(24-17(11)26)25-4-3-10(23)7-25/h1-2,5-6,8,10H,3-4,7,23H2,(H,28,29). The summed E-state index contributed by atoms with van der Waals surface area (Å²) in [6, 6.07) is 3.38. The van der Waals surface area contributed by atoms with Crippen LogP contribution in [0.4, 0.5) is 23.8 Å². The van der Waals surface area contributed by atoms with E-state index in [0.29, 0.717) is 25.6 Å². The lowest BCUT2D eigenvalue weighted by atomic mass is 10.2. The smallest absolute Gasteiger partial charge is 0.449 e. The summed E-state index contributed by atoms with van der Waals surface area (Å²) in [5.74, 6) is -3.44. The zero-order chi connectivity index (χ0) is 21.6. The topological polar surface area (TPSA) is 111 Å². The predicted octanol–water partition coefficient (Wildman–Crippen LogP) is 2.40. The maximum absolute atomic E-state index is 14.8. The summed E-state index contributed by atoms with van der Waals surface area (Å²) in [6.07, 6.45) is -0.252. The Balaban J connectivity index is 2.02. The molecule has 1 saturated heterocycles. The molecule has 1 unspecified atom stereocenters. The molecule has 0 saturated carbocycles. The van der Waals surface area contributed by atoms with Crippen molar-refractivity contribution in [2.75, 3.05) is 18.0 Å². The van der Waals surface area contributed by atoms with E-state index in [-0.39, 0.29) is 28.6 Å². The van der Waals surface area contributed by atoms with Crippen LogP contribution < -0.4 is 20.8 Å². The van der Waals surface area contributed by atoms with Gasteiger partial charge in [-0.25, -0.2) is 22.9 Å². The molecule has 0 spiro atoms. The van der Waals surface area contributed by atoms with Gasteiger partial charge in [0.2, 0.25) is 5.43 Å². The van der Waals surface area contributed by atoms with Crippen molar-refractivity contribution < 1.29 is 27.8 Å². The van der Waals surface area contributed by atoms with E-state index in [2.05, 4.69) is 9.72 Å². The number of hydrogen-bond acceptors (Lipinski definition) is 6. The molecule has 0 aliphatic carbocycles. The maximum atomic E-state index is 14.8. The number of benzene rings is 1. The Morgan fingerprint density at radius 3 is 2.63 bits per heavy atom. The first-order chi connectivity index (χ1) is 14.2. The molecule has 11 heteroatoms. The van der Waals surface area contributed by atoms with Gasteiger partial charge in [-0.3, -0.25) is 9.36 Å². The van der Waals surface area contributed by atoms with Gasteiger partial charge in [-0.15, -0.1) is 0 Å². The van der Waals surface area contributed by atoms with Crippen LogP contribution in [0.1, 0.15) is 6.42 Å². The summed E-state index contributed by atoms with van der Waals surface area (Å²) < 4.78 is 48.1. The minimum atomic E-state index is -1.78. The number of rotatable bonds is 3. The monoisotopic (exact) mass is 420 g/mol. The molecule has 2 aromatic heterocycles. The van der Waals surface area contributed by atoms with Crippen LogP contribution in [0, 0.1) is 17.5 Å². The molecule has 30 heavy (non-hydrogen) atoms. The molecule has 3 N–H and O–H groups in total. The molecule has 0 radical (unpaired) electrons. The van der Waals surface area contributed by atoms with Gasteiger partial charge in [0, 0.05) is 25.2 Å². The molecule has 156 valence electrons. The highest BCUT2D eigenvalue weighted by atomic mass is 19.1. The largest absolute Gasteiger partial charge is 0.511 e. The minimum Gasteiger partial charge on any atom is -0.449 e. The van der Waals surface area contributed by atoms with E-state index < -0.39 is 34.8 Å². The Morgan fingerprint density at radius 2 is 2.00 bits per heavy atom. The van der Waals surface area contributed by atoms with Gasteiger partial charge in [0.1, 0.15) is 11.6 Å². The average molecular weight is 420 g/mol. The molecule has 4 rings (SSSR count). The Labute approximate surface area is 166 Å². The maximum Gasteiger partial charge on any atom is 0.511 e. The summed E-state index contributed by atoms with van der Waals surface area (Å²) in [5.41, 5.74) is 4.53. The van der Waals surface area contributed by atoms with Gasteiger partial charge < -0.3 is 20.5 Å². The number of carbonyl (C=O) groups is 1. The fourth-order valence-electron chi connectivity index (χ4n) is 3.42.